The summed E-state index contributed by atoms with van der Waals surface area (Å²) in [5.41, 5.74) is 22.5. The number of halogens is 4. The van der Waals surface area contributed by atoms with Gasteiger partial charge in [-0.3, -0.25) is 39.1 Å². The number of benzene rings is 8. The number of H-pyrrole nitrogens is 4. The van der Waals surface area contributed by atoms with Gasteiger partial charge in [0.25, 0.3) is 17.7 Å². The number of nitrogens with two attached hydrogens (primary N) is 1. The number of carbonyl (C=O) groups excluding carboxylic acids is 4. The summed E-state index contributed by atoms with van der Waals surface area (Å²) in [6.45, 7) is 1.67. The second kappa shape index (κ2) is 39.7. The van der Waals surface area contributed by atoms with Crippen molar-refractivity contribution in [3.8, 4) is 0 Å². The van der Waals surface area contributed by atoms with Gasteiger partial charge in [-0.05, 0) is 355 Å². The number of hydrogen-bond donors (Lipinski definition) is 6. The van der Waals surface area contributed by atoms with Gasteiger partial charge in [0, 0.05) is 130 Å². The van der Waals surface area contributed by atoms with Crippen LogP contribution in [0.15, 0.2) is 195 Å². The molecule has 5 saturated carbocycles. The molecule has 16 aromatic rings. The molecule has 4 amide bonds. The molecule has 28 heteroatoms. The van der Waals surface area contributed by atoms with Gasteiger partial charge in [0.2, 0.25) is 5.91 Å². The summed E-state index contributed by atoms with van der Waals surface area (Å²) in [5, 5.41) is 6.68. The number of nitrogens with zero attached hydrogens (tertiary/aromatic N) is 10. The Balaban J connectivity index is 0.000000116. The average Bonchev–Trinajstić information content (AvgIpc) is 0.989. The van der Waals surface area contributed by atoms with Crippen molar-refractivity contribution in [1.82, 2.24) is 74.9 Å². The standard InChI is InChI=1S/C28H29FN4O2.C27H27FN4O2.C27H29FN4O2.C25H25FN4O2/c1-35-26(27-32-24-10-6-18(14-25(24)33-27)28(34)31-20-8-9-20)17-4-2-16(3-5-17)21-12-13-30-23-11-7-19(29)15-22(21)23;1-34-25(26-30-23-8-6-18(14-24(23)31-26)27(33)32-12-13-32)17-4-2-16(3-5-17)20-10-11-29-22-9-7-19(28)15-21(20)22;1-32(2)27(33)18-8-10-23-24(14-18)31-26(30-23)25(34-3)17-6-4-16(5-7-17)20-12-13-29-22-11-9-19(28)15-21(20)22;1-32-23(25-29-21-8-6-16(24(27)31)12-22(21)30-25)15-4-2-14(3-5-15)18-10-11-28-20-9-7-17(26)13-19(18)20/h6-7,10-17,20,26H,2-5,8-9H2,1H3,(H,31,34)(H,32,33);6-11,14-17,25H,2-5,12-13H2,1H3,(H,30,31);8-17,25H,4-7H2,1-3H3,(H,30,31);6-15,23H,2-5H2,1H3,(H2,27,31)(H,29,30)/t16?,17?,26-;2*16?,17?,25-;14?,15?,23-/m1111/s1. The first-order valence-electron chi connectivity index (χ1n) is 47.0. The summed E-state index contributed by atoms with van der Waals surface area (Å²) in [7, 11) is 10.4. The van der Waals surface area contributed by atoms with E-state index in [0.29, 0.717) is 75.6 Å². The van der Waals surface area contributed by atoms with Crippen molar-refractivity contribution in [2.45, 2.75) is 170 Å². The molecule has 0 radical (unpaired) electrons. The second-order valence-electron chi connectivity index (χ2n) is 37.3. The van der Waals surface area contributed by atoms with Crippen molar-refractivity contribution in [1.29, 1.82) is 0 Å². The first-order chi connectivity index (χ1) is 65.7. The number of aromatic amines is 4. The molecule has 22 rings (SSSR count). The lowest BCUT2D eigenvalue weighted by Crippen LogP contribution is -2.25. The van der Waals surface area contributed by atoms with Crippen molar-refractivity contribution in [2.24, 2.45) is 29.4 Å². The summed E-state index contributed by atoms with van der Waals surface area (Å²) in [6.07, 6.45) is 24.8. The van der Waals surface area contributed by atoms with Gasteiger partial charge in [-0.2, -0.15) is 0 Å². The van der Waals surface area contributed by atoms with E-state index in [4.69, 9.17) is 44.6 Å². The highest BCUT2D eigenvalue weighted by Gasteiger charge is 2.38. The molecule has 6 aliphatic rings. The Morgan fingerprint density at radius 1 is 0.356 bits per heavy atom. The Hall–Kier alpha value is -13.3. The van der Waals surface area contributed by atoms with Crippen molar-refractivity contribution in [3.63, 3.8) is 0 Å². The number of nitrogens with one attached hydrogen (secondary N) is 5. The quantitative estimate of drug-likeness (QED) is 0.0288. The van der Waals surface area contributed by atoms with Gasteiger partial charge < -0.3 is 59.7 Å². The van der Waals surface area contributed by atoms with Crippen molar-refractivity contribution in [3.05, 3.63) is 286 Å². The normalized spacial score (nSPS) is 20.5. The number of hydrogen-bond acceptors (Lipinski definition) is 16. The van der Waals surface area contributed by atoms with E-state index in [1.165, 1.54) is 46.5 Å². The highest BCUT2D eigenvalue weighted by Crippen LogP contribution is 2.49. The Morgan fingerprint density at radius 2 is 0.630 bits per heavy atom. The minimum atomic E-state index is -0.465. The van der Waals surface area contributed by atoms with Crippen LogP contribution >= 0.6 is 0 Å². The molecule has 9 heterocycles. The fraction of sp³-hybridized carbons (Fsp3) is 0.364. The summed E-state index contributed by atoms with van der Waals surface area (Å²) >= 11 is 0. The molecule has 0 unspecified atom stereocenters. The number of rotatable bonds is 21. The third-order valence-corrected chi connectivity index (χ3v) is 28.7. The zero-order valence-electron chi connectivity index (χ0n) is 76.5. The predicted molar refractivity (Wildman–Crippen MR) is 512 cm³/mol. The number of pyridine rings is 4. The average molecular weight is 1820 g/mol. The number of ether oxygens (including phenoxy) is 4. The number of fused-ring (bicyclic) bond motifs is 8. The Bertz CT molecular complexity index is 6860. The van der Waals surface area contributed by atoms with Gasteiger partial charge in [0.05, 0.1) is 66.2 Å². The Labute approximate surface area is 778 Å². The summed E-state index contributed by atoms with van der Waals surface area (Å²) < 4.78 is 79.3. The number of carbonyl (C=O) groups is 4. The van der Waals surface area contributed by atoms with Crippen LogP contribution in [0.5, 0.6) is 0 Å². The zero-order chi connectivity index (χ0) is 93.2. The van der Waals surface area contributed by atoms with E-state index in [0.717, 1.165) is 240 Å². The minimum absolute atomic E-state index is 0.0318. The van der Waals surface area contributed by atoms with Crippen molar-refractivity contribution in [2.75, 3.05) is 55.6 Å². The molecule has 8 aromatic heterocycles. The lowest BCUT2D eigenvalue weighted by Gasteiger charge is -2.33. The van der Waals surface area contributed by atoms with Crippen LogP contribution < -0.4 is 11.1 Å². The van der Waals surface area contributed by atoms with Crippen LogP contribution in [0.2, 0.25) is 0 Å². The lowest BCUT2D eigenvalue weighted by atomic mass is 9.76. The second-order valence-corrected chi connectivity index (χ2v) is 37.3. The van der Waals surface area contributed by atoms with Gasteiger partial charge in [-0.25, -0.2) is 37.5 Å². The SMILES string of the molecule is CO[C@@H](c1nc2ccc(C(=O)N(C)C)cc2[nH]1)C1CCC(c2ccnc3ccc(F)cc23)CC1.CO[C@@H](c1nc2ccc(C(=O)N3CC3)cc2[nH]1)C1CCC(c2ccnc3ccc(F)cc23)CC1.CO[C@@H](c1nc2ccc(C(=O)NC3CC3)cc2[nH]1)C1CCC(c2ccnc3ccc(F)cc23)CC1.CO[C@@H](c1nc2ccc(C(N)=O)cc2[nH]1)C1CCC(c2ccnc3ccc(F)cc23)CC1. The fourth-order valence-electron chi connectivity index (χ4n) is 21.4. The molecule has 1 aliphatic heterocycles. The minimum Gasteiger partial charge on any atom is -0.373 e. The first kappa shape index (κ1) is 90.9. The fourth-order valence-corrected chi connectivity index (χ4v) is 21.4. The van der Waals surface area contributed by atoms with Crippen LogP contribution in [-0.2, 0) is 18.9 Å². The third-order valence-electron chi connectivity index (χ3n) is 28.7. The summed E-state index contributed by atoms with van der Waals surface area (Å²) in [4.78, 5) is 102. The van der Waals surface area contributed by atoms with Crippen molar-refractivity contribution < 1.29 is 55.7 Å². The smallest absolute Gasteiger partial charge is 0.254 e. The van der Waals surface area contributed by atoms with E-state index < -0.39 is 5.91 Å². The van der Waals surface area contributed by atoms with Gasteiger partial charge in [0.1, 0.15) is 71.0 Å². The number of methoxy groups -OCH3 is 4. The molecular formula is C107H110F4N16O8. The number of primary amides is 1. The molecular weight excluding hydrogens is 1710 g/mol. The van der Waals surface area contributed by atoms with Crippen molar-refractivity contribution >= 4 is 111 Å². The van der Waals surface area contributed by atoms with Crippen LogP contribution in [-0.4, -0.2) is 155 Å². The maximum Gasteiger partial charge on any atom is 0.254 e. The van der Waals surface area contributed by atoms with E-state index in [1.54, 1.807) is 114 Å². The topological polar surface area (TPSA) is 316 Å². The maximum absolute atomic E-state index is 13.9. The van der Waals surface area contributed by atoms with Crippen LogP contribution in [0, 0.1) is 46.9 Å². The predicted octanol–water partition coefficient (Wildman–Crippen LogP) is 21.8. The van der Waals surface area contributed by atoms with E-state index in [9.17, 15) is 36.7 Å². The highest BCUT2D eigenvalue weighted by molar-refractivity contribution is 6.00. The number of amides is 4. The Morgan fingerprint density at radius 3 is 0.919 bits per heavy atom. The highest BCUT2D eigenvalue weighted by atomic mass is 19.1. The number of imidazole rings is 4. The largest absolute Gasteiger partial charge is 0.373 e. The molecule has 6 fully saturated rings. The van der Waals surface area contributed by atoms with Crippen LogP contribution in [0.3, 0.4) is 0 Å². The monoisotopic (exact) mass is 1820 g/mol. The van der Waals surface area contributed by atoms with Gasteiger partial charge in [-0.1, -0.05) is 0 Å². The van der Waals surface area contributed by atoms with Gasteiger partial charge in [0.15, 0.2) is 0 Å². The summed E-state index contributed by atoms with van der Waals surface area (Å²) in [5.74, 6) is 4.62. The maximum atomic E-state index is 13.9. The third kappa shape index (κ3) is 19.9. The van der Waals surface area contributed by atoms with Crippen LogP contribution in [0.4, 0.5) is 17.6 Å². The molecule has 4 atom stereocenters. The van der Waals surface area contributed by atoms with Crippen LogP contribution in [0.25, 0.3) is 87.7 Å². The van der Waals surface area contributed by atoms with Crippen LogP contribution in [0.1, 0.15) is 251 Å². The molecule has 694 valence electrons. The molecule has 0 bridgehead atoms. The number of aromatic nitrogens is 12. The van der Waals surface area contributed by atoms with E-state index in [2.05, 4.69) is 45.2 Å². The molecule has 135 heavy (non-hydrogen) atoms. The van der Waals surface area contributed by atoms with Gasteiger partial charge in [-0.15, -0.1) is 0 Å². The molecule has 0 spiro atoms. The first-order valence-corrected chi connectivity index (χ1v) is 47.0. The molecule has 5 aliphatic carbocycles. The molecule has 24 nitrogen and oxygen atoms in total. The summed E-state index contributed by atoms with van der Waals surface area (Å²) in [6, 6.07) is 49.7. The van der Waals surface area contributed by atoms with E-state index in [1.807, 2.05) is 109 Å². The van der Waals surface area contributed by atoms with Gasteiger partial charge >= 0.3 is 0 Å². The molecule has 1 saturated heterocycles. The Kier molecular flexibility index (Phi) is 26.7. The van der Waals surface area contributed by atoms with E-state index in [-0.39, 0.29) is 65.4 Å². The van der Waals surface area contributed by atoms with E-state index >= 15 is 0 Å². The lowest BCUT2D eigenvalue weighted by molar-refractivity contribution is 0.0274. The molecule has 8 aromatic carbocycles. The molecule has 7 N–H and O–H groups in total. The zero-order valence-corrected chi connectivity index (χ0v) is 76.5.